The molecule has 3 aromatic carbocycles. The summed E-state index contributed by atoms with van der Waals surface area (Å²) in [5.74, 6) is 1.95. The second-order valence-corrected chi connectivity index (χ2v) is 7.20. The van der Waals surface area contributed by atoms with Crippen molar-refractivity contribution in [2.45, 2.75) is 12.0 Å². The van der Waals surface area contributed by atoms with Crippen molar-refractivity contribution in [1.82, 2.24) is 0 Å². The summed E-state index contributed by atoms with van der Waals surface area (Å²) in [5.41, 5.74) is 2.69. The first-order chi connectivity index (χ1) is 15.1. The molecule has 31 heavy (non-hydrogen) atoms. The van der Waals surface area contributed by atoms with Gasteiger partial charge in [-0.25, -0.2) is 0 Å². The van der Waals surface area contributed by atoms with Crippen LogP contribution in [0.1, 0.15) is 23.1 Å². The van der Waals surface area contributed by atoms with E-state index in [9.17, 15) is 4.79 Å². The lowest BCUT2D eigenvalue weighted by Crippen LogP contribution is -2.53. The number of rotatable bonds is 7. The molecule has 3 aromatic rings. The molecule has 0 aliphatic carbocycles. The number of benzene rings is 3. The Morgan fingerprint density at radius 3 is 1.84 bits per heavy atom. The van der Waals surface area contributed by atoms with Gasteiger partial charge in [-0.15, -0.1) is 0 Å². The largest absolute Gasteiger partial charge is 0.497 e. The van der Waals surface area contributed by atoms with Crippen molar-refractivity contribution >= 4 is 11.6 Å². The molecule has 1 fully saturated rings. The Balaban J connectivity index is 1.81. The minimum atomic E-state index is -0.387. The van der Waals surface area contributed by atoms with Gasteiger partial charge in [-0.05, 0) is 47.5 Å². The highest BCUT2D eigenvalue weighted by Gasteiger charge is 2.50. The maximum Gasteiger partial charge on any atom is 0.237 e. The van der Waals surface area contributed by atoms with Gasteiger partial charge in [0.1, 0.15) is 5.75 Å². The second-order valence-electron chi connectivity index (χ2n) is 7.20. The first-order valence-electron chi connectivity index (χ1n) is 9.95. The minimum absolute atomic E-state index is 0.0151. The molecule has 0 spiro atoms. The van der Waals surface area contributed by atoms with Gasteiger partial charge in [0.05, 0.1) is 40.4 Å². The summed E-state index contributed by atoms with van der Waals surface area (Å²) in [6.07, 6.45) is 0. The van der Waals surface area contributed by atoms with Crippen LogP contribution in [0.2, 0.25) is 0 Å². The normalized spacial score (nSPS) is 17.7. The van der Waals surface area contributed by atoms with Crippen LogP contribution in [0, 0.1) is 0 Å². The zero-order valence-electron chi connectivity index (χ0n) is 18.0. The maximum atomic E-state index is 13.4. The quantitative estimate of drug-likeness (QED) is 0.524. The van der Waals surface area contributed by atoms with Crippen molar-refractivity contribution in [3.05, 3.63) is 77.9 Å². The number of β-lactam (4-membered cyclic amide) rings is 1. The van der Waals surface area contributed by atoms with Gasteiger partial charge in [0, 0.05) is 5.69 Å². The molecule has 1 saturated heterocycles. The molecule has 1 aliphatic heterocycles. The number of amides is 1. The number of nitrogens with zero attached hydrogens (tertiary/aromatic N) is 1. The minimum Gasteiger partial charge on any atom is -0.497 e. The van der Waals surface area contributed by atoms with Gasteiger partial charge in [0.15, 0.2) is 11.5 Å². The van der Waals surface area contributed by atoms with Crippen LogP contribution in [-0.4, -0.2) is 34.3 Å². The first-order valence-corrected chi connectivity index (χ1v) is 9.95. The van der Waals surface area contributed by atoms with Gasteiger partial charge < -0.3 is 23.8 Å². The molecule has 160 valence electrons. The van der Waals surface area contributed by atoms with Gasteiger partial charge in [-0.3, -0.25) is 4.79 Å². The Morgan fingerprint density at radius 1 is 0.710 bits per heavy atom. The molecule has 0 unspecified atom stereocenters. The summed E-state index contributed by atoms with van der Waals surface area (Å²) in [6, 6.07) is 21.0. The van der Waals surface area contributed by atoms with E-state index in [1.807, 2.05) is 71.6 Å². The lowest BCUT2D eigenvalue weighted by molar-refractivity contribution is -0.126. The van der Waals surface area contributed by atoms with Gasteiger partial charge in [-0.2, -0.15) is 0 Å². The monoisotopic (exact) mass is 419 g/mol. The molecular formula is C25H25NO5. The number of carbonyl (C=O) groups excluding carboxylic acids is 1. The third kappa shape index (κ3) is 3.54. The predicted molar refractivity (Wildman–Crippen MR) is 119 cm³/mol. The molecule has 1 aliphatic rings. The molecule has 1 heterocycles. The fourth-order valence-corrected chi connectivity index (χ4v) is 4.11. The van der Waals surface area contributed by atoms with E-state index in [0.717, 1.165) is 22.6 Å². The van der Waals surface area contributed by atoms with Crippen molar-refractivity contribution in [3.8, 4) is 23.0 Å². The molecule has 1 amide bonds. The standard InChI is InChI=1S/C25H25NO5/c1-28-19-12-10-16(11-13-19)23-22(25(27)26(23)18-8-6-5-7-9-18)17-14-20(29-2)24(31-4)21(15-17)30-3/h5-15,22-23H,1-4H3/t22-,23-/m1/s1. The number of ether oxygens (including phenoxy) is 4. The molecule has 0 bridgehead atoms. The SMILES string of the molecule is COc1ccc([C@@H]2[C@@H](c3cc(OC)c(OC)c(OC)c3)C(=O)N2c2ccccc2)cc1. The summed E-state index contributed by atoms with van der Waals surface area (Å²) >= 11 is 0. The van der Waals surface area contributed by atoms with E-state index in [-0.39, 0.29) is 17.9 Å². The highest BCUT2D eigenvalue weighted by Crippen LogP contribution is 2.51. The Morgan fingerprint density at radius 2 is 1.32 bits per heavy atom. The number of hydrogen-bond donors (Lipinski definition) is 0. The van der Waals surface area contributed by atoms with Crippen molar-refractivity contribution < 1.29 is 23.7 Å². The number of hydrogen-bond acceptors (Lipinski definition) is 5. The van der Waals surface area contributed by atoms with Crippen molar-refractivity contribution in [2.24, 2.45) is 0 Å². The fraction of sp³-hybridized carbons (Fsp3) is 0.240. The Labute approximate surface area is 181 Å². The van der Waals surface area contributed by atoms with E-state index in [4.69, 9.17) is 18.9 Å². The maximum absolute atomic E-state index is 13.4. The summed E-state index contributed by atoms with van der Waals surface area (Å²) in [6.45, 7) is 0. The first kappa shape index (κ1) is 20.6. The van der Waals surface area contributed by atoms with Gasteiger partial charge in [0.25, 0.3) is 0 Å². The lowest BCUT2D eigenvalue weighted by atomic mass is 9.77. The van der Waals surface area contributed by atoms with E-state index < -0.39 is 0 Å². The van der Waals surface area contributed by atoms with E-state index in [1.54, 1.807) is 28.4 Å². The van der Waals surface area contributed by atoms with Crippen molar-refractivity contribution in [1.29, 1.82) is 0 Å². The Bertz CT molecular complexity index is 1040. The van der Waals surface area contributed by atoms with Crippen LogP contribution in [0.3, 0.4) is 0 Å². The van der Waals surface area contributed by atoms with Crippen LogP contribution in [-0.2, 0) is 4.79 Å². The average Bonchev–Trinajstić information content (AvgIpc) is 2.82. The number of para-hydroxylation sites is 1. The highest BCUT2D eigenvalue weighted by molar-refractivity contribution is 6.06. The third-order valence-corrected chi connectivity index (χ3v) is 5.64. The summed E-state index contributed by atoms with van der Waals surface area (Å²) in [5, 5.41) is 0. The van der Waals surface area contributed by atoms with Crippen LogP contribution in [0.15, 0.2) is 66.7 Å². The number of anilines is 1. The smallest absolute Gasteiger partial charge is 0.237 e. The summed E-state index contributed by atoms with van der Waals surface area (Å²) in [4.78, 5) is 15.2. The van der Waals surface area contributed by atoms with Crippen LogP contribution < -0.4 is 23.8 Å². The molecule has 0 aromatic heterocycles. The van der Waals surface area contributed by atoms with Crippen LogP contribution in [0.25, 0.3) is 0 Å². The number of carbonyl (C=O) groups is 1. The van der Waals surface area contributed by atoms with E-state index >= 15 is 0 Å². The highest BCUT2D eigenvalue weighted by atomic mass is 16.5. The molecule has 0 N–H and O–H groups in total. The second kappa shape index (κ2) is 8.60. The van der Waals surface area contributed by atoms with Gasteiger partial charge >= 0.3 is 0 Å². The predicted octanol–water partition coefficient (Wildman–Crippen LogP) is 4.59. The summed E-state index contributed by atoms with van der Waals surface area (Å²) < 4.78 is 21.8. The molecule has 0 radical (unpaired) electrons. The zero-order valence-corrected chi connectivity index (χ0v) is 18.0. The Hall–Kier alpha value is -3.67. The van der Waals surface area contributed by atoms with Crippen LogP contribution >= 0.6 is 0 Å². The van der Waals surface area contributed by atoms with Crippen molar-refractivity contribution in [3.63, 3.8) is 0 Å². The molecule has 0 saturated carbocycles. The lowest BCUT2D eigenvalue weighted by Gasteiger charge is -2.48. The fourth-order valence-electron chi connectivity index (χ4n) is 4.11. The molecular weight excluding hydrogens is 394 g/mol. The van der Waals surface area contributed by atoms with Crippen molar-refractivity contribution in [2.75, 3.05) is 33.3 Å². The summed E-state index contributed by atoms with van der Waals surface area (Å²) in [7, 11) is 6.34. The average molecular weight is 419 g/mol. The Kier molecular flexibility index (Phi) is 5.71. The zero-order chi connectivity index (χ0) is 22.0. The van der Waals surface area contributed by atoms with E-state index in [1.165, 1.54) is 0 Å². The number of methoxy groups -OCH3 is 4. The third-order valence-electron chi connectivity index (χ3n) is 5.64. The van der Waals surface area contributed by atoms with E-state index in [0.29, 0.717) is 17.2 Å². The topological polar surface area (TPSA) is 57.2 Å². The van der Waals surface area contributed by atoms with Gasteiger partial charge in [0.2, 0.25) is 11.7 Å². The van der Waals surface area contributed by atoms with Crippen LogP contribution in [0.5, 0.6) is 23.0 Å². The molecule has 4 rings (SSSR count). The molecule has 6 nitrogen and oxygen atoms in total. The van der Waals surface area contributed by atoms with Gasteiger partial charge in [-0.1, -0.05) is 30.3 Å². The van der Waals surface area contributed by atoms with Crippen LogP contribution in [0.4, 0.5) is 5.69 Å². The molecule has 6 heteroatoms. The van der Waals surface area contributed by atoms with E-state index in [2.05, 4.69) is 0 Å². The molecule has 2 atom stereocenters.